The zero-order valence-corrected chi connectivity index (χ0v) is 11.9. The lowest BCUT2D eigenvalue weighted by Crippen LogP contribution is -2.46. The van der Waals surface area contributed by atoms with E-state index in [1.165, 1.54) is 30.4 Å². The number of aryl methyl sites for hydroxylation is 1. The van der Waals surface area contributed by atoms with Crippen molar-refractivity contribution >= 4 is 0 Å². The lowest BCUT2D eigenvalue weighted by molar-refractivity contribution is 0.0938. The van der Waals surface area contributed by atoms with Gasteiger partial charge in [0.05, 0.1) is 0 Å². The van der Waals surface area contributed by atoms with Crippen LogP contribution < -0.4 is 5.73 Å². The smallest absolute Gasteiger partial charge is 0.0499 e. The molecule has 2 atom stereocenters. The van der Waals surface area contributed by atoms with E-state index >= 15 is 0 Å². The minimum atomic E-state index is 0.220. The summed E-state index contributed by atoms with van der Waals surface area (Å²) in [5.74, 6) is 0. The highest BCUT2D eigenvalue weighted by atomic mass is 15.2. The molecule has 1 fully saturated rings. The van der Waals surface area contributed by atoms with Crippen LogP contribution in [0.5, 0.6) is 0 Å². The highest BCUT2D eigenvalue weighted by Gasteiger charge is 2.31. The van der Waals surface area contributed by atoms with Crippen molar-refractivity contribution in [3.05, 3.63) is 35.4 Å². The maximum absolute atomic E-state index is 6.38. The van der Waals surface area contributed by atoms with Crippen LogP contribution in [0, 0.1) is 6.92 Å². The standard InChI is InChI=1S/C16H26N2/c1-4-15(17)16(18(3)14-9-6-10-14)13-8-5-7-12(2)11-13/h5,7-8,11,14-16H,4,6,9-10,17H2,1-3H3. The van der Waals surface area contributed by atoms with Gasteiger partial charge in [-0.3, -0.25) is 4.90 Å². The first-order chi connectivity index (χ1) is 8.63. The van der Waals surface area contributed by atoms with E-state index in [2.05, 4.69) is 50.1 Å². The van der Waals surface area contributed by atoms with E-state index in [-0.39, 0.29) is 6.04 Å². The van der Waals surface area contributed by atoms with E-state index in [0.717, 1.165) is 12.5 Å². The van der Waals surface area contributed by atoms with Crippen LogP contribution in [0.1, 0.15) is 49.8 Å². The summed E-state index contributed by atoms with van der Waals surface area (Å²) in [6, 6.07) is 10.1. The van der Waals surface area contributed by atoms with Gasteiger partial charge in [-0.05, 0) is 38.8 Å². The molecule has 1 saturated carbocycles. The summed E-state index contributed by atoms with van der Waals surface area (Å²) in [7, 11) is 2.24. The number of nitrogens with zero attached hydrogens (tertiary/aromatic N) is 1. The summed E-state index contributed by atoms with van der Waals surface area (Å²) in [4.78, 5) is 2.51. The van der Waals surface area contributed by atoms with Crippen molar-refractivity contribution in [3.8, 4) is 0 Å². The molecule has 18 heavy (non-hydrogen) atoms. The molecule has 2 heteroatoms. The largest absolute Gasteiger partial charge is 0.326 e. The van der Waals surface area contributed by atoms with Gasteiger partial charge < -0.3 is 5.73 Å². The Morgan fingerprint density at radius 1 is 1.39 bits per heavy atom. The SMILES string of the molecule is CCC(N)C(c1cccc(C)c1)N(C)C1CCC1. The van der Waals surface area contributed by atoms with Crippen LogP contribution in [-0.4, -0.2) is 24.0 Å². The highest BCUT2D eigenvalue weighted by Crippen LogP contribution is 2.33. The zero-order chi connectivity index (χ0) is 13.1. The van der Waals surface area contributed by atoms with Crippen molar-refractivity contribution in [1.82, 2.24) is 4.90 Å². The molecule has 0 bridgehead atoms. The highest BCUT2D eigenvalue weighted by molar-refractivity contribution is 5.26. The van der Waals surface area contributed by atoms with Gasteiger partial charge in [-0.25, -0.2) is 0 Å². The third-order valence-corrected chi connectivity index (χ3v) is 4.35. The number of rotatable bonds is 5. The summed E-state index contributed by atoms with van der Waals surface area (Å²) in [6.45, 7) is 4.34. The van der Waals surface area contributed by atoms with Crippen LogP contribution in [-0.2, 0) is 0 Å². The number of likely N-dealkylation sites (N-methyl/N-ethyl adjacent to an activating group) is 1. The Morgan fingerprint density at radius 2 is 2.11 bits per heavy atom. The Hall–Kier alpha value is -0.860. The summed E-state index contributed by atoms with van der Waals surface area (Å²) < 4.78 is 0. The van der Waals surface area contributed by atoms with Crippen molar-refractivity contribution in [2.75, 3.05) is 7.05 Å². The molecular formula is C16H26N2. The maximum atomic E-state index is 6.38. The average Bonchev–Trinajstić information content (AvgIpc) is 2.26. The summed E-state index contributed by atoms with van der Waals surface area (Å²) in [5.41, 5.74) is 9.07. The second-order valence-corrected chi connectivity index (χ2v) is 5.68. The molecule has 1 aliphatic carbocycles. The monoisotopic (exact) mass is 246 g/mol. The predicted molar refractivity (Wildman–Crippen MR) is 77.6 cm³/mol. The van der Waals surface area contributed by atoms with Crippen LogP contribution in [0.4, 0.5) is 0 Å². The fourth-order valence-corrected chi connectivity index (χ4v) is 2.88. The van der Waals surface area contributed by atoms with Gasteiger partial charge in [0.1, 0.15) is 0 Å². The fourth-order valence-electron chi connectivity index (χ4n) is 2.88. The van der Waals surface area contributed by atoms with Crippen LogP contribution in [0.2, 0.25) is 0 Å². The molecule has 0 spiro atoms. The first kappa shape index (κ1) is 13.6. The topological polar surface area (TPSA) is 29.3 Å². The zero-order valence-electron chi connectivity index (χ0n) is 11.9. The van der Waals surface area contributed by atoms with Gasteiger partial charge in [-0.1, -0.05) is 43.2 Å². The van der Waals surface area contributed by atoms with Crippen LogP contribution in [0.3, 0.4) is 0 Å². The Balaban J connectivity index is 2.23. The van der Waals surface area contributed by atoms with Gasteiger partial charge in [0.25, 0.3) is 0 Å². The quantitative estimate of drug-likeness (QED) is 0.864. The Bertz CT molecular complexity index is 384. The van der Waals surface area contributed by atoms with Crippen LogP contribution in [0.25, 0.3) is 0 Å². The molecule has 100 valence electrons. The minimum Gasteiger partial charge on any atom is -0.326 e. The van der Waals surface area contributed by atoms with Crippen molar-refractivity contribution in [1.29, 1.82) is 0 Å². The lowest BCUT2D eigenvalue weighted by Gasteiger charge is -2.42. The third-order valence-electron chi connectivity index (χ3n) is 4.35. The lowest BCUT2D eigenvalue weighted by atomic mass is 9.87. The normalized spacial score (nSPS) is 19.6. The first-order valence-electron chi connectivity index (χ1n) is 7.17. The number of hydrogen-bond donors (Lipinski definition) is 1. The fraction of sp³-hybridized carbons (Fsp3) is 0.625. The molecule has 2 N–H and O–H groups in total. The summed E-state index contributed by atoms with van der Waals surface area (Å²) in [5, 5.41) is 0. The van der Waals surface area contributed by atoms with E-state index in [4.69, 9.17) is 5.73 Å². The van der Waals surface area contributed by atoms with E-state index in [1.807, 2.05) is 0 Å². The minimum absolute atomic E-state index is 0.220. The summed E-state index contributed by atoms with van der Waals surface area (Å²) in [6.07, 6.45) is 5.05. The Kier molecular flexibility index (Phi) is 4.41. The second-order valence-electron chi connectivity index (χ2n) is 5.68. The Labute approximate surface area is 111 Å². The molecule has 1 aliphatic rings. The van der Waals surface area contributed by atoms with Gasteiger partial charge >= 0.3 is 0 Å². The van der Waals surface area contributed by atoms with Gasteiger partial charge in [-0.15, -0.1) is 0 Å². The molecule has 0 radical (unpaired) electrons. The number of benzene rings is 1. The molecule has 2 unspecified atom stereocenters. The van der Waals surface area contributed by atoms with Gasteiger partial charge in [-0.2, -0.15) is 0 Å². The average molecular weight is 246 g/mol. The van der Waals surface area contributed by atoms with Crippen LogP contribution in [0.15, 0.2) is 24.3 Å². The van der Waals surface area contributed by atoms with Crippen molar-refractivity contribution in [2.45, 2.75) is 57.7 Å². The van der Waals surface area contributed by atoms with E-state index < -0.39 is 0 Å². The molecule has 2 rings (SSSR count). The second kappa shape index (κ2) is 5.85. The number of nitrogens with two attached hydrogens (primary N) is 1. The van der Waals surface area contributed by atoms with Crippen LogP contribution >= 0.6 is 0 Å². The van der Waals surface area contributed by atoms with Gasteiger partial charge in [0.15, 0.2) is 0 Å². The molecular weight excluding hydrogens is 220 g/mol. The molecule has 1 aromatic rings. The Morgan fingerprint density at radius 3 is 2.61 bits per heavy atom. The molecule has 1 aromatic carbocycles. The van der Waals surface area contributed by atoms with Gasteiger partial charge in [0.2, 0.25) is 0 Å². The molecule has 0 aliphatic heterocycles. The first-order valence-corrected chi connectivity index (χ1v) is 7.17. The van der Waals surface area contributed by atoms with E-state index in [9.17, 15) is 0 Å². The molecule has 0 amide bonds. The number of hydrogen-bond acceptors (Lipinski definition) is 2. The third kappa shape index (κ3) is 2.76. The van der Waals surface area contributed by atoms with Gasteiger partial charge in [0, 0.05) is 18.1 Å². The maximum Gasteiger partial charge on any atom is 0.0499 e. The molecule has 2 nitrogen and oxygen atoms in total. The van der Waals surface area contributed by atoms with E-state index in [1.54, 1.807) is 0 Å². The summed E-state index contributed by atoms with van der Waals surface area (Å²) >= 11 is 0. The van der Waals surface area contributed by atoms with Crippen molar-refractivity contribution < 1.29 is 0 Å². The predicted octanol–water partition coefficient (Wildman–Crippen LogP) is 3.26. The molecule has 0 aromatic heterocycles. The van der Waals surface area contributed by atoms with Crippen molar-refractivity contribution in [2.24, 2.45) is 5.73 Å². The van der Waals surface area contributed by atoms with E-state index in [0.29, 0.717) is 6.04 Å². The molecule has 0 heterocycles. The molecule has 0 saturated heterocycles. The van der Waals surface area contributed by atoms with Crippen molar-refractivity contribution in [3.63, 3.8) is 0 Å².